The maximum atomic E-state index is 5.80. The zero-order chi connectivity index (χ0) is 15.2. The predicted molar refractivity (Wildman–Crippen MR) is 92.4 cm³/mol. The van der Waals surface area contributed by atoms with Crippen LogP contribution in [0.5, 0.6) is 0 Å². The van der Waals surface area contributed by atoms with Gasteiger partial charge in [-0.25, -0.2) is 4.98 Å². The molecule has 0 aliphatic carbocycles. The number of nitrogens with two attached hydrogens (primary N) is 1. The summed E-state index contributed by atoms with van der Waals surface area (Å²) in [5, 5.41) is 0. The number of aromatic nitrogens is 1. The highest BCUT2D eigenvalue weighted by Gasteiger charge is 2.07. The molecule has 1 aromatic carbocycles. The summed E-state index contributed by atoms with van der Waals surface area (Å²) in [6.07, 6.45) is 2.08. The Labute approximate surface area is 135 Å². The molecule has 3 nitrogen and oxygen atoms in total. The van der Waals surface area contributed by atoms with E-state index < -0.39 is 0 Å². The van der Waals surface area contributed by atoms with E-state index in [2.05, 4.69) is 65.1 Å². The average Bonchev–Trinajstić information content (AvgIpc) is 2.47. The molecule has 0 saturated carbocycles. The van der Waals surface area contributed by atoms with Crippen LogP contribution in [0.1, 0.15) is 30.2 Å². The second-order valence-corrected chi connectivity index (χ2v) is 6.18. The Kier molecular flexibility index (Phi) is 5.76. The van der Waals surface area contributed by atoms with Crippen molar-refractivity contribution < 1.29 is 0 Å². The number of halogens is 1. The first kappa shape index (κ1) is 16.0. The third-order valence-corrected chi connectivity index (χ3v) is 3.86. The lowest BCUT2D eigenvalue weighted by atomic mass is 10.1. The zero-order valence-electron chi connectivity index (χ0n) is 12.6. The van der Waals surface area contributed by atoms with Gasteiger partial charge in [0.05, 0.1) is 0 Å². The quantitative estimate of drug-likeness (QED) is 0.861. The third kappa shape index (κ3) is 4.55. The molecule has 0 aliphatic rings. The number of pyridine rings is 1. The second kappa shape index (κ2) is 7.57. The molecule has 0 aliphatic heterocycles. The van der Waals surface area contributed by atoms with Crippen LogP contribution in [0, 0.1) is 0 Å². The van der Waals surface area contributed by atoms with Crippen molar-refractivity contribution in [2.24, 2.45) is 5.73 Å². The van der Waals surface area contributed by atoms with Crippen molar-refractivity contribution >= 4 is 21.7 Å². The first-order valence-electron chi connectivity index (χ1n) is 7.28. The van der Waals surface area contributed by atoms with Gasteiger partial charge in [0, 0.05) is 30.3 Å². The van der Waals surface area contributed by atoms with Gasteiger partial charge in [0.25, 0.3) is 0 Å². The normalized spacial score (nSPS) is 10.7. The molecule has 0 amide bonds. The fourth-order valence-electron chi connectivity index (χ4n) is 2.32. The maximum absolute atomic E-state index is 5.80. The van der Waals surface area contributed by atoms with Crippen LogP contribution in [0.3, 0.4) is 0 Å². The number of benzene rings is 1. The van der Waals surface area contributed by atoms with Crippen LogP contribution in [-0.4, -0.2) is 12.0 Å². The Balaban J connectivity index is 2.21. The summed E-state index contributed by atoms with van der Waals surface area (Å²) in [5.41, 5.74) is 9.32. The largest absolute Gasteiger partial charge is 0.355 e. The molecule has 1 aromatic heterocycles. The Morgan fingerprint density at radius 2 is 2.00 bits per heavy atom. The van der Waals surface area contributed by atoms with Crippen molar-refractivity contribution in [3.8, 4) is 0 Å². The molecule has 0 fully saturated rings. The molecule has 0 radical (unpaired) electrons. The summed E-state index contributed by atoms with van der Waals surface area (Å²) in [7, 11) is 2.07. The van der Waals surface area contributed by atoms with Gasteiger partial charge in [0.15, 0.2) is 0 Å². The SMILES string of the molecule is CCCc1cc(CN)cc(N(C)Cc2cccc(Br)c2)n1. The minimum Gasteiger partial charge on any atom is -0.355 e. The summed E-state index contributed by atoms with van der Waals surface area (Å²) < 4.78 is 1.10. The van der Waals surface area contributed by atoms with Gasteiger partial charge in [0.2, 0.25) is 0 Å². The highest BCUT2D eigenvalue weighted by atomic mass is 79.9. The highest BCUT2D eigenvalue weighted by Crippen LogP contribution is 2.19. The number of nitrogens with zero attached hydrogens (tertiary/aromatic N) is 2. The van der Waals surface area contributed by atoms with Gasteiger partial charge >= 0.3 is 0 Å². The maximum Gasteiger partial charge on any atom is 0.129 e. The van der Waals surface area contributed by atoms with Crippen LogP contribution in [0.15, 0.2) is 40.9 Å². The van der Waals surface area contributed by atoms with Crippen molar-refractivity contribution in [3.63, 3.8) is 0 Å². The molecule has 0 spiro atoms. The number of hydrogen-bond donors (Lipinski definition) is 1. The Hall–Kier alpha value is -1.39. The molecule has 0 saturated heterocycles. The van der Waals surface area contributed by atoms with E-state index in [4.69, 9.17) is 10.7 Å². The van der Waals surface area contributed by atoms with E-state index in [1.165, 1.54) is 5.56 Å². The number of aryl methyl sites for hydroxylation is 1. The number of hydrogen-bond acceptors (Lipinski definition) is 3. The highest BCUT2D eigenvalue weighted by molar-refractivity contribution is 9.10. The van der Waals surface area contributed by atoms with Crippen LogP contribution in [0.4, 0.5) is 5.82 Å². The molecule has 1 heterocycles. The first-order valence-corrected chi connectivity index (χ1v) is 8.07. The molecule has 21 heavy (non-hydrogen) atoms. The summed E-state index contributed by atoms with van der Waals surface area (Å²) in [6.45, 7) is 3.55. The van der Waals surface area contributed by atoms with Gasteiger partial charge in [-0.05, 0) is 41.8 Å². The van der Waals surface area contributed by atoms with Gasteiger partial charge in [-0.3, -0.25) is 0 Å². The van der Waals surface area contributed by atoms with E-state index in [0.717, 1.165) is 40.9 Å². The monoisotopic (exact) mass is 347 g/mol. The average molecular weight is 348 g/mol. The molecule has 0 unspecified atom stereocenters. The molecule has 2 aromatic rings. The van der Waals surface area contributed by atoms with Crippen molar-refractivity contribution in [3.05, 3.63) is 57.7 Å². The predicted octanol–water partition coefficient (Wildman–Crippen LogP) is 3.89. The van der Waals surface area contributed by atoms with Crippen molar-refractivity contribution in [1.29, 1.82) is 0 Å². The lowest BCUT2D eigenvalue weighted by molar-refractivity contribution is 0.842. The van der Waals surface area contributed by atoms with E-state index in [1.807, 2.05) is 6.07 Å². The van der Waals surface area contributed by atoms with Crippen LogP contribution < -0.4 is 10.6 Å². The molecule has 0 bridgehead atoms. The molecular formula is C17H22BrN3. The van der Waals surface area contributed by atoms with Crippen LogP contribution in [0.2, 0.25) is 0 Å². The molecule has 2 rings (SSSR count). The molecule has 4 heteroatoms. The van der Waals surface area contributed by atoms with Gasteiger partial charge < -0.3 is 10.6 Å². The van der Waals surface area contributed by atoms with Gasteiger partial charge in [-0.1, -0.05) is 41.4 Å². The van der Waals surface area contributed by atoms with Crippen molar-refractivity contribution in [2.75, 3.05) is 11.9 Å². The minimum absolute atomic E-state index is 0.553. The first-order chi connectivity index (χ1) is 10.1. The number of rotatable bonds is 6. The van der Waals surface area contributed by atoms with Crippen LogP contribution >= 0.6 is 15.9 Å². The lowest BCUT2D eigenvalue weighted by Crippen LogP contribution is -2.19. The Morgan fingerprint density at radius 1 is 1.19 bits per heavy atom. The zero-order valence-corrected chi connectivity index (χ0v) is 14.2. The van der Waals surface area contributed by atoms with E-state index >= 15 is 0 Å². The van der Waals surface area contributed by atoms with E-state index in [9.17, 15) is 0 Å². The summed E-state index contributed by atoms with van der Waals surface area (Å²) in [5.74, 6) is 0.987. The van der Waals surface area contributed by atoms with Crippen LogP contribution in [0.25, 0.3) is 0 Å². The van der Waals surface area contributed by atoms with Crippen molar-refractivity contribution in [1.82, 2.24) is 4.98 Å². The Morgan fingerprint density at radius 3 is 2.67 bits per heavy atom. The van der Waals surface area contributed by atoms with Crippen LogP contribution in [-0.2, 0) is 19.5 Å². The van der Waals surface area contributed by atoms with Gasteiger partial charge in [-0.15, -0.1) is 0 Å². The molecule has 0 atom stereocenters. The summed E-state index contributed by atoms with van der Waals surface area (Å²) in [6, 6.07) is 12.5. The topological polar surface area (TPSA) is 42.1 Å². The molecule has 112 valence electrons. The minimum atomic E-state index is 0.553. The number of anilines is 1. The van der Waals surface area contributed by atoms with Crippen molar-refractivity contribution in [2.45, 2.75) is 32.9 Å². The van der Waals surface area contributed by atoms with Gasteiger partial charge in [0.1, 0.15) is 5.82 Å². The van der Waals surface area contributed by atoms with E-state index in [1.54, 1.807) is 0 Å². The second-order valence-electron chi connectivity index (χ2n) is 5.27. The third-order valence-electron chi connectivity index (χ3n) is 3.37. The fourth-order valence-corrected chi connectivity index (χ4v) is 2.77. The Bertz CT molecular complexity index is 598. The van der Waals surface area contributed by atoms with E-state index in [0.29, 0.717) is 6.54 Å². The lowest BCUT2D eigenvalue weighted by Gasteiger charge is -2.20. The fraction of sp³-hybridized carbons (Fsp3) is 0.353. The van der Waals surface area contributed by atoms with Gasteiger partial charge in [-0.2, -0.15) is 0 Å². The van der Waals surface area contributed by atoms with E-state index in [-0.39, 0.29) is 0 Å². The summed E-state index contributed by atoms with van der Waals surface area (Å²) in [4.78, 5) is 6.92. The summed E-state index contributed by atoms with van der Waals surface area (Å²) >= 11 is 3.51. The molecule has 2 N–H and O–H groups in total. The smallest absolute Gasteiger partial charge is 0.129 e. The standard InChI is InChI=1S/C17H22BrN3/c1-3-5-16-9-14(11-19)10-17(20-16)21(2)12-13-6-4-7-15(18)8-13/h4,6-10H,3,5,11-12,19H2,1-2H3. The molecular weight excluding hydrogens is 326 g/mol.